The molecule has 0 aromatic heterocycles. The van der Waals surface area contributed by atoms with E-state index in [1.807, 2.05) is 49.4 Å². The summed E-state index contributed by atoms with van der Waals surface area (Å²) in [5.41, 5.74) is 3.12. The van der Waals surface area contributed by atoms with E-state index in [4.69, 9.17) is 4.74 Å². The van der Waals surface area contributed by atoms with E-state index in [1.165, 1.54) is 0 Å². The Morgan fingerprint density at radius 1 is 1.21 bits per heavy atom. The zero-order valence-corrected chi connectivity index (χ0v) is 12.2. The first-order chi connectivity index (χ1) is 9.13. The molecule has 0 radical (unpaired) electrons. The van der Waals surface area contributed by atoms with Crippen LogP contribution in [0.5, 0.6) is 5.75 Å². The van der Waals surface area contributed by atoms with Crippen molar-refractivity contribution in [3.8, 4) is 5.75 Å². The van der Waals surface area contributed by atoms with Crippen molar-refractivity contribution in [2.75, 3.05) is 0 Å². The SMILES string of the molecule is Cc1ccc2c(c1)[C@H](O)CC(c1cccc(Br)c1)O2. The van der Waals surface area contributed by atoms with Crippen LogP contribution in [0.4, 0.5) is 0 Å². The Morgan fingerprint density at radius 3 is 2.84 bits per heavy atom. The van der Waals surface area contributed by atoms with Crippen LogP contribution in [0.3, 0.4) is 0 Å². The van der Waals surface area contributed by atoms with Gasteiger partial charge in [0.15, 0.2) is 0 Å². The maximum Gasteiger partial charge on any atom is 0.127 e. The highest BCUT2D eigenvalue weighted by atomic mass is 79.9. The quantitative estimate of drug-likeness (QED) is 0.848. The summed E-state index contributed by atoms with van der Waals surface area (Å²) in [5, 5.41) is 10.3. The van der Waals surface area contributed by atoms with Crippen LogP contribution in [-0.4, -0.2) is 5.11 Å². The Morgan fingerprint density at radius 2 is 2.05 bits per heavy atom. The summed E-state index contributed by atoms with van der Waals surface area (Å²) in [6.07, 6.45) is 0.0303. The van der Waals surface area contributed by atoms with E-state index in [9.17, 15) is 5.11 Å². The molecule has 1 heterocycles. The molecule has 3 heteroatoms. The Balaban J connectivity index is 1.95. The maximum absolute atomic E-state index is 10.3. The second-order valence-electron chi connectivity index (χ2n) is 4.95. The van der Waals surface area contributed by atoms with Crippen LogP contribution in [0.15, 0.2) is 46.9 Å². The summed E-state index contributed by atoms with van der Waals surface area (Å²) in [6, 6.07) is 14.0. The molecule has 0 saturated heterocycles. The van der Waals surface area contributed by atoms with Crippen molar-refractivity contribution < 1.29 is 9.84 Å². The molecule has 2 aromatic rings. The minimum absolute atomic E-state index is 0.0947. The molecule has 98 valence electrons. The fraction of sp³-hybridized carbons (Fsp3) is 0.250. The lowest BCUT2D eigenvalue weighted by molar-refractivity contribution is 0.0656. The zero-order valence-electron chi connectivity index (χ0n) is 10.6. The highest BCUT2D eigenvalue weighted by Gasteiger charge is 2.28. The second-order valence-corrected chi connectivity index (χ2v) is 5.87. The molecule has 1 N–H and O–H groups in total. The highest BCUT2D eigenvalue weighted by Crippen LogP contribution is 2.41. The molecule has 2 aromatic carbocycles. The van der Waals surface area contributed by atoms with Crippen molar-refractivity contribution in [3.05, 3.63) is 63.6 Å². The van der Waals surface area contributed by atoms with Crippen molar-refractivity contribution in [1.82, 2.24) is 0 Å². The normalized spacial score (nSPS) is 21.6. The van der Waals surface area contributed by atoms with E-state index in [0.717, 1.165) is 26.9 Å². The van der Waals surface area contributed by atoms with Crippen molar-refractivity contribution in [1.29, 1.82) is 0 Å². The number of rotatable bonds is 1. The summed E-state index contributed by atoms with van der Waals surface area (Å²) < 4.78 is 7.04. The summed E-state index contributed by atoms with van der Waals surface area (Å²) in [5.74, 6) is 0.786. The molecule has 0 saturated carbocycles. The van der Waals surface area contributed by atoms with Gasteiger partial charge in [0.25, 0.3) is 0 Å². The summed E-state index contributed by atoms with van der Waals surface area (Å²) >= 11 is 3.47. The molecular formula is C16H15BrO2. The third kappa shape index (κ3) is 2.53. The molecule has 3 rings (SSSR count). The second kappa shape index (κ2) is 4.99. The van der Waals surface area contributed by atoms with E-state index in [2.05, 4.69) is 15.9 Å². The van der Waals surface area contributed by atoms with E-state index in [-0.39, 0.29) is 6.10 Å². The van der Waals surface area contributed by atoms with Gasteiger partial charge in [-0.2, -0.15) is 0 Å². The maximum atomic E-state index is 10.3. The number of benzene rings is 2. The molecule has 0 bridgehead atoms. The lowest BCUT2D eigenvalue weighted by Crippen LogP contribution is -2.19. The van der Waals surface area contributed by atoms with Gasteiger partial charge in [-0.15, -0.1) is 0 Å². The van der Waals surface area contributed by atoms with Crippen LogP contribution in [0, 0.1) is 6.92 Å². The molecule has 0 spiro atoms. The van der Waals surface area contributed by atoms with E-state index in [0.29, 0.717) is 6.42 Å². The first-order valence-electron chi connectivity index (χ1n) is 6.34. The Labute approximate surface area is 121 Å². The number of hydrogen-bond acceptors (Lipinski definition) is 2. The van der Waals surface area contributed by atoms with Gasteiger partial charge in [0.2, 0.25) is 0 Å². The zero-order chi connectivity index (χ0) is 13.4. The Bertz CT molecular complexity index is 609. The lowest BCUT2D eigenvalue weighted by atomic mass is 9.94. The van der Waals surface area contributed by atoms with Crippen molar-refractivity contribution in [2.45, 2.75) is 25.6 Å². The lowest BCUT2D eigenvalue weighted by Gasteiger charge is -2.30. The van der Waals surface area contributed by atoms with Crippen molar-refractivity contribution in [3.63, 3.8) is 0 Å². The van der Waals surface area contributed by atoms with E-state index >= 15 is 0 Å². The monoisotopic (exact) mass is 318 g/mol. The van der Waals surface area contributed by atoms with Crippen molar-refractivity contribution >= 4 is 15.9 Å². The summed E-state index contributed by atoms with van der Waals surface area (Å²) in [4.78, 5) is 0. The van der Waals surface area contributed by atoms with Gasteiger partial charge >= 0.3 is 0 Å². The van der Waals surface area contributed by atoms with Crippen LogP contribution < -0.4 is 4.74 Å². The number of halogens is 1. The van der Waals surface area contributed by atoms with Crippen LogP contribution in [0.2, 0.25) is 0 Å². The van der Waals surface area contributed by atoms with Gasteiger partial charge in [-0.3, -0.25) is 0 Å². The average molecular weight is 319 g/mol. The van der Waals surface area contributed by atoms with Crippen molar-refractivity contribution in [2.24, 2.45) is 0 Å². The summed E-state index contributed by atoms with van der Waals surface area (Å²) in [7, 11) is 0. The third-order valence-corrected chi connectivity index (χ3v) is 3.94. The van der Waals surface area contributed by atoms with Gasteiger partial charge < -0.3 is 9.84 Å². The van der Waals surface area contributed by atoms with E-state index < -0.39 is 6.10 Å². The number of aliphatic hydroxyl groups excluding tert-OH is 1. The van der Waals surface area contributed by atoms with E-state index in [1.54, 1.807) is 0 Å². The number of aryl methyl sites for hydroxylation is 1. The largest absolute Gasteiger partial charge is 0.485 e. The van der Waals surface area contributed by atoms with Gasteiger partial charge in [0, 0.05) is 16.5 Å². The Kier molecular flexibility index (Phi) is 3.33. The first kappa shape index (κ1) is 12.7. The third-order valence-electron chi connectivity index (χ3n) is 3.45. The molecular weight excluding hydrogens is 304 g/mol. The molecule has 1 aliphatic rings. The molecule has 2 nitrogen and oxygen atoms in total. The topological polar surface area (TPSA) is 29.5 Å². The number of ether oxygens (including phenoxy) is 1. The van der Waals surface area contributed by atoms with Gasteiger partial charge in [-0.05, 0) is 36.8 Å². The molecule has 1 unspecified atom stereocenters. The van der Waals surface area contributed by atoms with Crippen LogP contribution in [-0.2, 0) is 0 Å². The van der Waals surface area contributed by atoms with Gasteiger partial charge in [0.05, 0.1) is 6.10 Å². The van der Waals surface area contributed by atoms with Crippen LogP contribution in [0.25, 0.3) is 0 Å². The number of aliphatic hydroxyl groups is 1. The molecule has 2 atom stereocenters. The van der Waals surface area contributed by atoms with Gasteiger partial charge in [-0.25, -0.2) is 0 Å². The van der Waals surface area contributed by atoms with Crippen LogP contribution in [0.1, 0.15) is 35.3 Å². The minimum atomic E-state index is -0.465. The van der Waals surface area contributed by atoms with Gasteiger partial charge in [-0.1, -0.05) is 39.7 Å². The molecule has 19 heavy (non-hydrogen) atoms. The molecule has 0 amide bonds. The average Bonchev–Trinajstić information content (AvgIpc) is 2.39. The first-order valence-corrected chi connectivity index (χ1v) is 7.13. The predicted molar refractivity (Wildman–Crippen MR) is 78.3 cm³/mol. The predicted octanol–water partition coefficient (Wildman–Crippen LogP) is 4.31. The van der Waals surface area contributed by atoms with Gasteiger partial charge in [0.1, 0.15) is 11.9 Å². The Hall–Kier alpha value is -1.32. The number of hydrogen-bond donors (Lipinski definition) is 1. The molecule has 0 fully saturated rings. The minimum Gasteiger partial charge on any atom is -0.485 e. The standard InChI is InChI=1S/C16H15BrO2/c1-10-5-6-15-13(7-10)14(18)9-16(19-15)11-3-2-4-12(17)8-11/h2-8,14,16,18H,9H2,1H3/t14-,16?/m1/s1. The number of fused-ring (bicyclic) bond motifs is 1. The molecule has 0 aliphatic carbocycles. The highest BCUT2D eigenvalue weighted by molar-refractivity contribution is 9.10. The summed E-state index contributed by atoms with van der Waals surface area (Å²) in [6.45, 7) is 2.02. The smallest absolute Gasteiger partial charge is 0.127 e. The fourth-order valence-electron chi connectivity index (χ4n) is 2.48. The van der Waals surface area contributed by atoms with Crippen LogP contribution >= 0.6 is 15.9 Å². The fourth-order valence-corrected chi connectivity index (χ4v) is 2.89. The molecule has 1 aliphatic heterocycles.